The van der Waals surface area contributed by atoms with Gasteiger partial charge in [0.05, 0.1) is 5.56 Å². The van der Waals surface area contributed by atoms with Gasteiger partial charge in [0.1, 0.15) is 5.60 Å². The first-order valence-corrected chi connectivity index (χ1v) is 16.3. The van der Waals surface area contributed by atoms with Crippen molar-refractivity contribution < 1.29 is 46.5 Å². The molecular formula is C37H37F5N2O5. The van der Waals surface area contributed by atoms with Gasteiger partial charge >= 0.3 is 24.1 Å². The first-order valence-electron chi connectivity index (χ1n) is 16.3. The normalized spacial score (nSPS) is 28.4. The number of hydrogen-bond acceptors (Lipinski definition) is 4. The predicted octanol–water partition coefficient (Wildman–Crippen LogP) is 8.05. The molecule has 0 bridgehead atoms. The van der Waals surface area contributed by atoms with Crippen LogP contribution in [0.15, 0.2) is 77.4 Å². The van der Waals surface area contributed by atoms with Crippen LogP contribution in [0.4, 0.5) is 32.4 Å². The van der Waals surface area contributed by atoms with Gasteiger partial charge in [0, 0.05) is 30.0 Å². The van der Waals surface area contributed by atoms with Gasteiger partial charge in [-0.1, -0.05) is 48.9 Å². The topological polar surface area (TPSA) is 116 Å². The molecular weight excluding hydrogens is 647 g/mol. The average Bonchev–Trinajstić information content (AvgIpc) is 3.33. The third-order valence-electron chi connectivity index (χ3n) is 11.2. The molecule has 0 radical (unpaired) electrons. The van der Waals surface area contributed by atoms with Crippen LogP contribution in [0, 0.1) is 17.3 Å². The van der Waals surface area contributed by atoms with E-state index in [1.165, 1.54) is 31.2 Å². The summed E-state index contributed by atoms with van der Waals surface area (Å²) < 4.78 is 71.9. The number of carboxylic acid groups (broad SMARTS) is 1. The van der Waals surface area contributed by atoms with E-state index in [1.54, 1.807) is 30.4 Å². The molecule has 0 aromatic heterocycles. The number of rotatable bonds is 7. The van der Waals surface area contributed by atoms with Crippen molar-refractivity contribution in [1.82, 2.24) is 5.32 Å². The van der Waals surface area contributed by atoms with Crippen molar-refractivity contribution in [2.75, 3.05) is 11.9 Å². The Morgan fingerprint density at radius 1 is 0.980 bits per heavy atom. The number of carbonyl (C=O) groups excluding carboxylic acids is 2. The number of halogens is 5. The van der Waals surface area contributed by atoms with Crippen molar-refractivity contribution in [2.24, 2.45) is 17.3 Å². The number of nitrogens with one attached hydrogen (secondary N) is 2. The summed E-state index contributed by atoms with van der Waals surface area (Å²) in [5.41, 5.74) is -0.0559. The van der Waals surface area contributed by atoms with Crippen LogP contribution in [0.1, 0.15) is 79.3 Å². The van der Waals surface area contributed by atoms with Crippen LogP contribution in [-0.2, 0) is 4.79 Å². The highest BCUT2D eigenvalue weighted by Gasteiger charge is 2.79. The molecule has 4 aliphatic carbocycles. The van der Waals surface area contributed by atoms with E-state index in [-0.39, 0.29) is 36.7 Å². The smallest absolute Gasteiger partial charge is 0.456 e. The molecule has 49 heavy (non-hydrogen) atoms. The van der Waals surface area contributed by atoms with Crippen molar-refractivity contribution >= 4 is 29.5 Å². The fourth-order valence-corrected chi connectivity index (χ4v) is 8.77. The second-order valence-electron chi connectivity index (χ2n) is 13.8. The summed E-state index contributed by atoms with van der Waals surface area (Å²) in [6, 6.07) is 12.4. The van der Waals surface area contributed by atoms with Crippen molar-refractivity contribution in [3.8, 4) is 0 Å². The number of benzene rings is 2. The van der Waals surface area contributed by atoms with E-state index >= 15 is 8.78 Å². The summed E-state index contributed by atoms with van der Waals surface area (Å²) in [4.78, 5) is 35.5. The van der Waals surface area contributed by atoms with E-state index < -0.39 is 53.4 Å². The Morgan fingerprint density at radius 3 is 2.33 bits per heavy atom. The van der Waals surface area contributed by atoms with Crippen LogP contribution in [-0.4, -0.2) is 52.2 Å². The Kier molecular flexibility index (Phi) is 8.83. The number of hydrogen-bond donors (Lipinski definition) is 4. The Labute approximate surface area is 280 Å². The second kappa shape index (κ2) is 12.5. The third-order valence-corrected chi connectivity index (χ3v) is 11.2. The molecule has 7 nitrogen and oxygen atoms in total. The Morgan fingerprint density at radius 2 is 1.67 bits per heavy atom. The molecule has 0 saturated heterocycles. The average molecular weight is 685 g/mol. The molecule has 0 spiro atoms. The van der Waals surface area contributed by atoms with Gasteiger partial charge in [-0.15, -0.1) is 0 Å². The third kappa shape index (κ3) is 5.98. The molecule has 2 fully saturated rings. The maximum atomic E-state index is 15.2. The highest BCUT2D eigenvalue weighted by molar-refractivity contribution is 5.93. The summed E-state index contributed by atoms with van der Waals surface area (Å²) in [7, 11) is 0. The molecule has 260 valence electrons. The number of amides is 2. The number of aliphatic hydroxyl groups is 1. The van der Waals surface area contributed by atoms with Crippen LogP contribution in [0.2, 0.25) is 0 Å². The van der Waals surface area contributed by atoms with Gasteiger partial charge < -0.3 is 20.8 Å². The van der Waals surface area contributed by atoms with E-state index in [9.17, 15) is 32.7 Å². The SMILES string of the molecule is C[C@]12C[C@H](c3ccc(C=CCNC(=O)Nc4ccc(C(=O)O)cc4)cc3)C3=C4CCC(=O)C=C4CC[C@H]3[C@@H]1CC[C@@]2(O)C(F)(F)C(F)(F)F. The lowest BCUT2D eigenvalue weighted by Crippen LogP contribution is -2.65. The maximum absolute atomic E-state index is 15.2. The van der Waals surface area contributed by atoms with Crippen LogP contribution in [0.25, 0.3) is 6.08 Å². The van der Waals surface area contributed by atoms with Crippen LogP contribution < -0.4 is 10.6 Å². The number of aromatic carboxylic acids is 1. The van der Waals surface area contributed by atoms with Gasteiger partial charge in [-0.05, 0) is 103 Å². The Hall–Kier alpha value is -4.32. The van der Waals surface area contributed by atoms with E-state index in [0.29, 0.717) is 31.4 Å². The van der Waals surface area contributed by atoms with Crippen molar-refractivity contribution in [2.45, 2.75) is 75.5 Å². The number of carboxylic acids is 1. The molecule has 12 heteroatoms. The fraction of sp³-hybridized carbons (Fsp3) is 0.432. The van der Waals surface area contributed by atoms with Crippen molar-refractivity contribution in [3.63, 3.8) is 0 Å². The number of ketones is 1. The van der Waals surface area contributed by atoms with Crippen molar-refractivity contribution in [1.29, 1.82) is 0 Å². The first-order chi connectivity index (χ1) is 23.1. The van der Waals surface area contributed by atoms with Gasteiger partial charge in [-0.3, -0.25) is 4.79 Å². The largest absolute Gasteiger partial charge is 0.478 e. The number of alkyl halides is 5. The Bertz CT molecular complexity index is 1750. The van der Waals surface area contributed by atoms with E-state index in [1.807, 2.05) is 12.1 Å². The zero-order valence-corrected chi connectivity index (χ0v) is 26.7. The summed E-state index contributed by atoms with van der Waals surface area (Å²) in [6.45, 7) is 1.57. The zero-order valence-electron chi connectivity index (χ0n) is 26.7. The molecule has 0 heterocycles. The van der Waals surface area contributed by atoms with Crippen molar-refractivity contribution in [3.05, 3.63) is 94.1 Å². The highest BCUT2D eigenvalue weighted by Crippen LogP contribution is 2.70. The molecule has 4 aliphatic rings. The summed E-state index contributed by atoms with van der Waals surface area (Å²) >= 11 is 0. The standard InChI is InChI=1S/C37H37F5N2O5/c1-34-20-29(22-6-4-21(5-7-22)3-2-18-43-33(48)44-25-11-8-23(9-12-25)32(46)47)31-27-15-13-26(45)19-24(27)10-14-28(31)30(34)16-17-35(34,49)36(38,39)37(40,41)42/h2-9,11-12,19,28-30,49H,10,13-18,20H2,1H3,(H,46,47)(H2,43,44,48)/t28-,29+,30-,34-,35-/m0/s1. The lowest BCUT2D eigenvalue weighted by molar-refractivity contribution is -0.362. The number of urea groups is 1. The van der Waals surface area contributed by atoms with Crippen LogP contribution in [0.3, 0.4) is 0 Å². The first kappa shape index (κ1) is 34.5. The second-order valence-corrected chi connectivity index (χ2v) is 13.8. The summed E-state index contributed by atoms with van der Waals surface area (Å²) in [5.74, 6) is -7.74. The molecule has 4 N–H and O–H groups in total. The maximum Gasteiger partial charge on any atom is 0.456 e. The number of fused-ring (bicyclic) bond motifs is 4. The Balaban J connectivity index is 1.23. The minimum absolute atomic E-state index is 0.0209. The van der Waals surface area contributed by atoms with Gasteiger partial charge in [0.25, 0.3) is 0 Å². The van der Waals surface area contributed by atoms with Crippen LogP contribution in [0.5, 0.6) is 0 Å². The molecule has 6 rings (SSSR count). The molecule has 2 amide bonds. The van der Waals surface area contributed by atoms with Crippen LogP contribution >= 0.6 is 0 Å². The lowest BCUT2D eigenvalue weighted by Gasteiger charge is -2.56. The minimum atomic E-state index is -5.91. The van der Waals surface area contributed by atoms with Gasteiger partial charge in [0.2, 0.25) is 0 Å². The molecule has 0 unspecified atom stereocenters. The summed E-state index contributed by atoms with van der Waals surface area (Å²) in [5, 5.41) is 25.7. The molecule has 2 saturated carbocycles. The van der Waals surface area contributed by atoms with Gasteiger partial charge in [-0.2, -0.15) is 22.0 Å². The quantitative estimate of drug-likeness (QED) is 0.221. The van der Waals surface area contributed by atoms with E-state index in [4.69, 9.17) is 5.11 Å². The molecule has 2 aromatic rings. The highest BCUT2D eigenvalue weighted by atomic mass is 19.4. The van der Waals surface area contributed by atoms with E-state index in [2.05, 4.69) is 10.6 Å². The molecule has 0 aliphatic heterocycles. The van der Waals surface area contributed by atoms with Gasteiger partial charge in [0.15, 0.2) is 5.78 Å². The fourth-order valence-electron chi connectivity index (χ4n) is 8.77. The monoisotopic (exact) mass is 684 g/mol. The molecule has 5 atom stereocenters. The zero-order chi connectivity index (χ0) is 35.4. The summed E-state index contributed by atoms with van der Waals surface area (Å²) in [6.07, 6.45) is 0.381. The number of carbonyl (C=O) groups is 3. The lowest BCUT2D eigenvalue weighted by atomic mass is 9.50. The minimum Gasteiger partial charge on any atom is -0.478 e. The predicted molar refractivity (Wildman–Crippen MR) is 172 cm³/mol. The van der Waals surface area contributed by atoms with E-state index in [0.717, 1.165) is 27.8 Å². The van der Waals surface area contributed by atoms with Gasteiger partial charge in [-0.25, -0.2) is 9.59 Å². The number of allylic oxidation sites excluding steroid dienone is 4. The molecule has 2 aromatic carbocycles. The number of anilines is 1.